The van der Waals surface area contributed by atoms with Crippen LogP contribution in [0.3, 0.4) is 0 Å². The molecule has 0 aromatic heterocycles. The highest BCUT2D eigenvalue weighted by Crippen LogP contribution is 2.23. The van der Waals surface area contributed by atoms with Crippen LogP contribution in [0.4, 0.5) is 0 Å². The lowest BCUT2D eigenvalue weighted by Gasteiger charge is -2.05. The van der Waals surface area contributed by atoms with Crippen LogP contribution in [0, 0.1) is 0 Å². The smallest absolute Gasteiger partial charge is 0.339 e. The summed E-state index contributed by atoms with van der Waals surface area (Å²) in [4.78, 5) is 10.8. The molecule has 1 aromatic carbocycles. The fraction of sp³-hybridized carbons (Fsp3) is 0.357. The second-order valence-electron chi connectivity index (χ2n) is 4.12. The zero-order valence-corrected chi connectivity index (χ0v) is 10.2. The third kappa shape index (κ3) is 3.63. The van der Waals surface area contributed by atoms with E-state index in [-0.39, 0.29) is 11.3 Å². The minimum Gasteiger partial charge on any atom is -0.507 e. The molecule has 0 aliphatic rings. The van der Waals surface area contributed by atoms with Crippen molar-refractivity contribution in [3.05, 3.63) is 41.0 Å². The largest absolute Gasteiger partial charge is 0.507 e. The SMILES string of the molecule is CCC/C(C)=C/Cc1cccc(C(=O)O)c1O. The molecular weight excluding hydrogens is 216 g/mol. The Kier molecular flexibility index (Phi) is 4.76. The first-order valence-corrected chi connectivity index (χ1v) is 5.76. The maximum Gasteiger partial charge on any atom is 0.339 e. The fourth-order valence-corrected chi connectivity index (χ4v) is 1.71. The molecule has 0 fully saturated rings. The van der Waals surface area contributed by atoms with E-state index < -0.39 is 5.97 Å². The van der Waals surface area contributed by atoms with Gasteiger partial charge in [-0.05, 0) is 31.4 Å². The van der Waals surface area contributed by atoms with Crippen LogP contribution in [0.2, 0.25) is 0 Å². The predicted molar refractivity (Wildman–Crippen MR) is 67.4 cm³/mol. The summed E-state index contributed by atoms with van der Waals surface area (Å²) in [6.07, 6.45) is 4.71. The van der Waals surface area contributed by atoms with Crippen LogP contribution in [0.25, 0.3) is 0 Å². The number of aromatic carboxylic acids is 1. The Morgan fingerprint density at radius 2 is 2.12 bits per heavy atom. The monoisotopic (exact) mass is 234 g/mol. The van der Waals surface area contributed by atoms with Crippen LogP contribution in [-0.4, -0.2) is 16.2 Å². The molecule has 0 atom stereocenters. The van der Waals surface area contributed by atoms with E-state index in [0.29, 0.717) is 12.0 Å². The Labute approximate surface area is 101 Å². The van der Waals surface area contributed by atoms with Crippen LogP contribution in [0.1, 0.15) is 42.6 Å². The average Bonchev–Trinajstić information content (AvgIpc) is 2.27. The summed E-state index contributed by atoms with van der Waals surface area (Å²) in [5.41, 5.74) is 1.87. The van der Waals surface area contributed by atoms with E-state index in [0.717, 1.165) is 12.8 Å². The standard InChI is InChI=1S/C14H18O3/c1-3-5-10(2)8-9-11-6-4-7-12(13(11)15)14(16)17/h4,6-8,15H,3,5,9H2,1-2H3,(H,16,17)/b10-8+. The molecule has 92 valence electrons. The molecule has 0 saturated heterocycles. The van der Waals surface area contributed by atoms with Gasteiger partial charge in [-0.2, -0.15) is 0 Å². The average molecular weight is 234 g/mol. The molecule has 0 aliphatic heterocycles. The van der Waals surface area contributed by atoms with Gasteiger partial charge in [-0.15, -0.1) is 0 Å². The van der Waals surface area contributed by atoms with E-state index in [4.69, 9.17) is 5.11 Å². The number of carboxylic acids is 1. The third-order valence-corrected chi connectivity index (χ3v) is 2.66. The lowest BCUT2D eigenvalue weighted by atomic mass is 10.0. The number of hydrogen-bond acceptors (Lipinski definition) is 2. The molecule has 1 aromatic rings. The molecule has 3 heteroatoms. The van der Waals surface area contributed by atoms with Gasteiger partial charge in [-0.1, -0.05) is 37.1 Å². The second kappa shape index (κ2) is 6.09. The molecule has 0 heterocycles. The van der Waals surface area contributed by atoms with E-state index >= 15 is 0 Å². The number of carbonyl (C=O) groups is 1. The van der Waals surface area contributed by atoms with Gasteiger partial charge in [-0.3, -0.25) is 0 Å². The highest BCUT2D eigenvalue weighted by Gasteiger charge is 2.11. The maximum atomic E-state index is 10.8. The predicted octanol–water partition coefficient (Wildman–Crippen LogP) is 3.38. The lowest BCUT2D eigenvalue weighted by molar-refractivity contribution is 0.0693. The van der Waals surface area contributed by atoms with Crippen molar-refractivity contribution >= 4 is 5.97 Å². The first kappa shape index (κ1) is 13.3. The van der Waals surface area contributed by atoms with Crippen molar-refractivity contribution in [1.82, 2.24) is 0 Å². The van der Waals surface area contributed by atoms with Crippen LogP contribution < -0.4 is 0 Å². The second-order valence-corrected chi connectivity index (χ2v) is 4.12. The summed E-state index contributed by atoms with van der Waals surface area (Å²) in [5, 5.41) is 18.7. The summed E-state index contributed by atoms with van der Waals surface area (Å²) in [6.45, 7) is 4.15. The lowest BCUT2D eigenvalue weighted by Crippen LogP contribution is -1.98. The number of hydrogen-bond donors (Lipinski definition) is 2. The van der Waals surface area contributed by atoms with Gasteiger partial charge < -0.3 is 10.2 Å². The highest BCUT2D eigenvalue weighted by molar-refractivity contribution is 5.91. The topological polar surface area (TPSA) is 57.5 Å². The molecule has 2 N–H and O–H groups in total. The third-order valence-electron chi connectivity index (χ3n) is 2.66. The van der Waals surface area contributed by atoms with Crippen molar-refractivity contribution in [3.8, 4) is 5.75 Å². The number of allylic oxidation sites excluding steroid dienone is 2. The molecule has 17 heavy (non-hydrogen) atoms. The Balaban J connectivity index is 2.89. The summed E-state index contributed by atoms with van der Waals surface area (Å²) >= 11 is 0. The van der Waals surface area contributed by atoms with Crippen molar-refractivity contribution in [2.75, 3.05) is 0 Å². The van der Waals surface area contributed by atoms with Gasteiger partial charge in [0.05, 0.1) is 0 Å². The van der Waals surface area contributed by atoms with Crippen LogP contribution in [0.5, 0.6) is 5.75 Å². The minimum absolute atomic E-state index is 0.0379. The summed E-state index contributed by atoms with van der Waals surface area (Å²) in [6, 6.07) is 4.81. The fourth-order valence-electron chi connectivity index (χ4n) is 1.71. The Hall–Kier alpha value is -1.77. The van der Waals surface area contributed by atoms with Gasteiger partial charge in [0, 0.05) is 0 Å². The van der Waals surface area contributed by atoms with Crippen molar-refractivity contribution in [1.29, 1.82) is 0 Å². The molecule has 0 bridgehead atoms. The zero-order valence-electron chi connectivity index (χ0n) is 10.2. The molecular formula is C14H18O3. The molecule has 3 nitrogen and oxygen atoms in total. The van der Waals surface area contributed by atoms with Gasteiger partial charge in [-0.25, -0.2) is 4.79 Å². The minimum atomic E-state index is -1.10. The van der Waals surface area contributed by atoms with Gasteiger partial charge >= 0.3 is 5.97 Å². The van der Waals surface area contributed by atoms with Crippen molar-refractivity contribution < 1.29 is 15.0 Å². The van der Waals surface area contributed by atoms with E-state index in [1.807, 2.05) is 13.0 Å². The quantitative estimate of drug-likeness (QED) is 0.768. The molecule has 0 unspecified atom stereocenters. The summed E-state index contributed by atoms with van der Waals surface area (Å²) < 4.78 is 0. The zero-order chi connectivity index (χ0) is 12.8. The molecule has 1 rings (SSSR count). The van der Waals surface area contributed by atoms with Crippen LogP contribution in [-0.2, 0) is 6.42 Å². The van der Waals surface area contributed by atoms with Crippen molar-refractivity contribution in [2.24, 2.45) is 0 Å². The number of phenols is 1. The van der Waals surface area contributed by atoms with E-state index in [1.54, 1.807) is 12.1 Å². The molecule has 0 amide bonds. The number of rotatable bonds is 5. The maximum absolute atomic E-state index is 10.8. The highest BCUT2D eigenvalue weighted by atomic mass is 16.4. The molecule has 0 spiro atoms. The van der Waals surface area contributed by atoms with Gasteiger partial charge in [0.2, 0.25) is 0 Å². The van der Waals surface area contributed by atoms with Gasteiger partial charge in [0.25, 0.3) is 0 Å². The Morgan fingerprint density at radius 3 is 2.71 bits per heavy atom. The first-order chi connectivity index (χ1) is 8.06. The van der Waals surface area contributed by atoms with Crippen LogP contribution >= 0.6 is 0 Å². The van der Waals surface area contributed by atoms with E-state index in [1.165, 1.54) is 11.6 Å². The van der Waals surface area contributed by atoms with Crippen molar-refractivity contribution in [3.63, 3.8) is 0 Å². The Morgan fingerprint density at radius 1 is 1.41 bits per heavy atom. The van der Waals surface area contributed by atoms with Crippen LogP contribution in [0.15, 0.2) is 29.8 Å². The van der Waals surface area contributed by atoms with E-state index in [9.17, 15) is 9.90 Å². The summed E-state index contributed by atoms with van der Waals surface area (Å²) in [7, 11) is 0. The number of carboxylic acid groups (broad SMARTS) is 1. The summed E-state index contributed by atoms with van der Waals surface area (Å²) in [5.74, 6) is -1.22. The molecule has 0 saturated carbocycles. The number of aromatic hydroxyl groups is 1. The van der Waals surface area contributed by atoms with Gasteiger partial charge in [0.1, 0.15) is 11.3 Å². The van der Waals surface area contributed by atoms with Crippen molar-refractivity contribution in [2.45, 2.75) is 33.1 Å². The number of benzene rings is 1. The molecule has 0 radical (unpaired) electrons. The van der Waals surface area contributed by atoms with Gasteiger partial charge in [0.15, 0.2) is 0 Å². The molecule has 0 aliphatic carbocycles. The number of para-hydroxylation sites is 1. The Bertz CT molecular complexity index is 433. The first-order valence-electron chi connectivity index (χ1n) is 5.76. The van der Waals surface area contributed by atoms with E-state index in [2.05, 4.69) is 6.92 Å². The normalized spacial score (nSPS) is 11.5.